The van der Waals surface area contributed by atoms with Crippen LogP contribution in [0.5, 0.6) is 5.75 Å². The lowest BCUT2D eigenvalue weighted by Gasteiger charge is -2.09. The zero-order valence-corrected chi connectivity index (χ0v) is 12.8. The van der Waals surface area contributed by atoms with E-state index in [4.69, 9.17) is 4.74 Å². The van der Waals surface area contributed by atoms with Crippen LogP contribution in [0.1, 0.15) is 5.56 Å². The molecule has 21 heavy (non-hydrogen) atoms. The van der Waals surface area contributed by atoms with Crippen LogP contribution in [-0.2, 0) is 11.3 Å². The summed E-state index contributed by atoms with van der Waals surface area (Å²) < 4.78 is 23.7. The fourth-order valence-corrected chi connectivity index (χ4v) is 2.07. The molecule has 0 bridgehead atoms. The van der Waals surface area contributed by atoms with Gasteiger partial charge in [-0.25, -0.2) is 9.18 Å². The Morgan fingerprint density at radius 1 is 1.24 bits per heavy atom. The molecule has 0 saturated heterocycles. The molecule has 0 heterocycles. The van der Waals surface area contributed by atoms with Crippen molar-refractivity contribution in [3.8, 4) is 5.75 Å². The van der Waals surface area contributed by atoms with Crippen molar-refractivity contribution >= 4 is 27.7 Å². The molecule has 1 amide bonds. The topological polar surface area (TPSA) is 47.6 Å². The maximum Gasteiger partial charge on any atom is 0.411 e. The quantitative estimate of drug-likeness (QED) is 0.888. The number of carbonyl (C=O) groups excluding carboxylic acids is 1. The molecule has 0 atom stereocenters. The zero-order valence-electron chi connectivity index (χ0n) is 11.2. The third-order valence-electron chi connectivity index (χ3n) is 2.70. The summed E-state index contributed by atoms with van der Waals surface area (Å²) in [5.74, 6) is 0.338. The van der Waals surface area contributed by atoms with Gasteiger partial charge in [0.05, 0.1) is 7.11 Å². The van der Waals surface area contributed by atoms with Crippen LogP contribution < -0.4 is 10.1 Å². The van der Waals surface area contributed by atoms with Crippen molar-refractivity contribution in [3.05, 3.63) is 58.3 Å². The highest BCUT2D eigenvalue weighted by molar-refractivity contribution is 9.10. The van der Waals surface area contributed by atoms with Gasteiger partial charge in [0.15, 0.2) is 0 Å². The van der Waals surface area contributed by atoms with Crippen LogP contribution in [0, 0.1) is 5.82 Å². The van der Waals surface area contributed by atoms with Gasteiger partial charge >= 0.3 is 6.09 Å². The van der Waals surface area contributed by atoms with Gasteiger partial charge in [-0.15, -0.1) is 0 Å². The maximum atomic E-state index is 13.0. The van der Waals surface area contributed by atoms with Gasteiger partial charge in [-0.2, -0.15) is 0 Å². The van der Waals surface area contributed by atoms with Crippen LogP contribution >= 0.6 is 15.9 Å². The van der Waals surface area contributed by atoms with Crippen molar-refractivity contribution in [3.63, 3.8) is 0 Å². The van der Waals surface area contributed by atoms with Gasteiger partial charge in [-0.1, -0.05) is 22.0 Å². The smallest absolute Gasteiger partial charge is 0.411 e. The van der Waals surface area contributed by atoms with Gasteiger partial charge < -0.3 is 9.47 Å². The summed E-state index contributed by atoms with van der Waals surface area (Å²) in [7, 11) is 1.30. The van der Waals surface area contributed by atoms with E-state index in [-0.39, 0.29) is 5.82 Å². The first-order valence-corrected chi connectivity index (χ1v) is 6.89. The molecule has 0 unspecified atom stereocenters. The summed E-state index contributed by atoms with van der Waals surface area (Å²) in [5.41, 5.74) is 1.45. The molecule has 0 aliphatic heterocycles. The number of carbonyl (C=O) groups is 1. The number of amides is 1. The number of benzene rings is 2. The lowest BCUT2D eigenvalue weighted by Crippen LogP contribution is -2.10. The molecule has 110 valence electrons. The second-order valence-corrected chi connectivity index (χ2v) is 5.02. The molecule has 2 rings (SSSR count). The third kappa shape index (κ3) is 4.46. The normalized spacial score (nSPS) is 10.0. The molecule has 2 aromatic rings. The molecule has 0 saturated carbocycles. The van der Waals surface area contributed by atoms with Crippen molar-refractivity contribution < 1.29 is 18.7 Å². The van der Waals surface area contributed by atoms with E-state index in [1.807, 2.05) is 0 Å². The Labute approximate surface area is 130 Å². The van der Waals surface area contributed by atoms with Crippen LogP contribution in [0.2, 0.25) is 0 Å². The van der Waals surface area contributed by atoms with Crippen molar-refractivity contribution in [2.45, 2.75) is 6.61 Å². The first kappa shape index (κ1) is 15.3. The number of hydrogen-bond donors (Lipinski definition) is 1. The Hall–Kier alpha value is -2.08. The second kappa shape index (κ2) is 7.08. The van der Waals surface area contributed by atoms with E-state index in [1.165, 1.54) is 19.2 Å². The number of methoxy groups -OCH3 is 1. The molecule has 0 aliphatic carbocycles. The average Bonchev–Trinajstić information content (AvgIpc) is 2.48. The number of halogens is 2. The van der Waals surface area contributed by atoms with E-state index in [9.17, 15) is 9.18 Å². The summed E-state index contributed by atoms with van der Waals surface area (Å²) in [5, 5.41) is 2.54. The molecular weight excluding hydrogens is 341 g/mol. The number of hydrogen-bond acceptors (Lipinski definition) is 3. The Bertz CT molecular complexity index is 631. The highest BCUT2D eigenvalue weighted by Gasteiger charge is 2.04. The lowest BCUT2D eigenvalue weighted by molar-refractivity contribution is 0.187. The molecule has 2 aromatic carbocycles. The van der Waals surface area contributed by atoms with Crippen LogP contribution in [-0.4, -0.2) is 13.2 Å². The van der Waals surface area contributed by atoms with Gasteiger partial charge in [-0.05, 0) is 36.4 Å². The summed E-state index contributed by atoms with van der Waals surface area (Å²) in [6.07, 6.45) is -0.529. The molecule has 0 fully saturated rings. The number of rotatable bonds is 4. The monoisotopic (exact) mass is 353 g/mol. The summed E-state index contributed by atoms with van der Waals surface area (Å²) >= 11 is 3.29. The van der Waals surface area contributed by atoms with E-state index in [2.05, 4.69) is 26.0 Å². The predicted octanol–water partition coefficient (Wildman–Crippen LogP) is 4.35. The van der Waals surface area contributed by atoms with Crippen LogP contribution in [0.3, 0.4) is 0 Å². The van der Waals surface area contributed by atoms with E-state index < -0.39 is 6.09 Å². The first-order chi connectivity index (χ1) is 10.1. The molecule has 0 radical (unpaired) electrons. The molecule has 6 heteroatoms. The molecule has 0 aliphatic rings. The minimum Gasteiger partial charge on any atom is -0.489 e. The van der Waals surface area contributed by atoms with Crippen molar-refractivity contribution in [2.24, 2.45) is 0 Å². The summed E-state index contributed by atoms with van der Waals surface area (Å²) in [6.45, 7) is 0.310. The van der Waals surface area contributed by atoms with Gasteiger partial charge in [0.2, 0.25) is 0 Å². The fraction of sp³-hybridized carbons (Fsp3) is 0.133. The van der Waals surface area contributed by atoms with Gasteiger partial charge in [0.25, 0.3) is 0 Å². The number of anilines is 1. The molecule has 4 nitrogen and oxygen atoms in total. The Kier molecular flexibility index (Phi) is 5.16. The van der Waals surface area contributed by atoms with Crippen molar-refractivity contribution in [1.82, 2.24) is 0 Å². The van der Waals surface area contributed by atoms with Crippen molar-refractivity contribution in [2.75, 3.05) is 12.4 Å². The van der Waals surface area contributed by atoms with Gasteiger partial charge in [0, 0.05) is 15.7 Å². The number of ether oxygens (including phenoxy) is 2. The highest BCUT2D eigenvalue weighted by Crippen LogP contribution is 2.21. The van der Waals surface area contributed by atoms with E-state index in [1.54, 1.807) is 30.3 Å². The predicted molar refractivity (Wildman–Crippen MR) is 80.9 cm³/mol. The van der Waals surface area contributed by atoms with Gasteiger partial charge in [0.1, 0.15) is 18.2 Å². The molecule has 0 aromatic heterocycles. The van der Waals surface area contributed by atoms with Crippen LogP contribution in [0.15, 0.2) is 46.9 Å². The second-order valence-electron chi connectivity index (χ2n) is 4.17. The van der Waals surface area contributed by atoms with E-state index in [0.717, 1.165) is 5.56 Å². The standard InChI is InChI=1S/C15H13BrFNO3/c1-20-15(19)18-12-4-6-13(7-5-12)21-9-10-2-3-11(17)8-14(10)16/h2-8H,9H2,1H3,(H,18,19). The SMILES string of the molecule is COC(=O)Nc1ccc(OCc2ccc(F)cc2Br)cc1. The van der Waals surface area contributed by atoms with Crippen molar-refractivity contribution in [1.29, 1.82) is 0 Å². The molecular formula is C15H13BrFNO3. The third-order valence-corrected chi connectivity index (χ3v) is 3.43. The maximum absolute atomic E-state index is 13.0. The highest BCUT2D eigenvalue weighted by atomic mass is 79.9. The van der Waals surface area contributed by atoms with Crippen LogP contribution in [0.25, 0.3) is 0 Å². The summed E-state index contributed by atoms with van der Waals surface area (Å²) in [6, 6.07) is 11.3. The molecule has 1 N–H and O–H groups in total. The van der Waals surface area contributed by atoms with Gasteiger partial charge in [-0.3, -0.25) is 5.32 Å². The van der Waals surface area contributed by atoms with E-state index >= 15 is 0 Å². The van der Waals surface area contributed by atoms with E-state index in [0.29, 0.717) is 22.5 Å². The fourth-order valence-electron chi connectivity index (χ4n) is 1.60. The lowest BCUT2D eigenvalue weighted by atomic mass is 10.2. The Morgan fingerprint density at radius 3 is 2.57 bits per heavy atom. The first-order valence-electron chi connectivity index (χ1n) is 6.10. The average molecular weight is 354 g/mol. The Balaban J connectivity index is 1.96. The Morgan fingerprint density at radius 2 is 1.95 bits per heavy atom. The number of nitrogens with one attached hydrogen (secondary N) is 1. The minimum atomic E-state index is -0.529. The van der Waals surface area contributed by atoms with Crippen LogP contribution in [0.4, 0.5) is 14.9 Å². The summed E-state index contributed by atoms with van der Waals surface area (Å²) in [4.78, 5) is 11.0. The largest absolute Gasteiger partial charge is 0.489 e. The minimum absolute atomic E-state index is 0.302. The molecule has 0 spiro atoms. The zero-order chi connectivity index (χ0) is 15.2.